The van der Waals surface area contributed by atoms with E-state index in [-0.39, 0.29) is 0 Å². The summed E-state index contributed by atoms with van der Waals surface area (Å²) in [6, 6.07) is 16.3. The second-order valence-electron chi connectivity index (χ2n) is 3.66. The summed E-state index contributed by atoms with van der Waals surface area (Å²) in [5.41, 5.74) is 2.45. The van der Waals surface area contributed by atoms with Crippen LogP contribution in [-0.4, -0.2) is 7.11 Å². The number of para-hydroxylation sites is 1. The third kappa shape index (κ3) is 2.58. The summed E-state index contributed by atoms with van der Waals surface area (Å²) in [6.07, 6.45) is 0.873. The second-order valence-corrected chi connectivity index (χ2v) is 4.17. The van der Waals surface area contributed by atoms with Gasteiger partial charge in [-0.25, -0.2) is 0 Å². The van der Waals surface area contributed by atoms with E-state index in [9.17, 15) is 0 Å². The Morgan fingerprint density at radius 2 is 1.88 bits per heavy atom. The Morgan fingerprint density at radius 3 is 2.62 bits per heavy atom. The molecule has 0 saturated heterocycles. The summed E-state index contributed by atoms with van der Waals surface area (Å²) >= 11 is 4.34. The molecule has 0 unspecified atom stereocenters. The van der Waals surface area contributed by atoms with Crippen LogP contribution in [0, 0.1) is 0 Å². The fourth-order valence-corrected chi connectivity index (χ4v) is 1.99. The molecule has 0 bridgehead atoms. The highest BCUT2D eigenvalue weighted by molar-refractivity contribution is 7.80. The van der Waals surface area contributed by atoms with E-state index in [0.717, 1.165) is 17.1 Å². The number of hydrogen-bond acceptors (Lipinski definition) is 2. The summed E-state index contributed by atoms with van der Waals surface area (Å²) in [5, 5.41) is 0. The number of ether oxygens (including phenoxy) is 1. The molecule has 0 N–H and O–H groups in total. The van der Waals surface area contributed by atoms with Gasteiger partial charge in [-0.1, -0.05) is 30.3 Å². The lowest BCUT2D eigenvalue weighted by molar-refractivity contribution is 0.410. The zero-order valence-corrected chi connectivity index (χ0v) is 10.1. The van der Waals surface area contributed by atoms with E-state index in [1.54, 1.807) is 7.11 Å². The first kappa shape index (κ1) is 11.1. The average Bonchev–Trinajstić information content (AvgIpc) is 2.30. The molecule has 16 heavy (non-hydrogen) atoms. The Balaban J connectivity index is 2.26. The molecule has 0 spiro atoms. The maximum atomic E-state index is 5.33. The van der Waals surface area contributed by atoms with Crippen molar-refractivity contribution in [3.05, 3.63) is 59.7 Å². The highest BCUT2D eigenvalue weighted by Gasteiger charge is 2.02. The van der Waals surface area contributed by atoms with Gasteiger partial charge in [0.2, 0.25) is 0 Å². The molecular formula is C14H14OS. The lowest BCUT2D eigenvalue weighted by Gasteiger charge is -2.08. The zero-order valence-electron chi connectivity index (χ0n) is 9.18. The van der Waals surface area contributed by atoms with Crippen LogP contribution in [-0.2, 0) is 6.42 Å². The first-order valence-corrected chi connectivity index (χ1v) is 5.64. The molecule has 2 rings (SSSR count). The summed E-state index contributed by atoms with van der Waals surface area (Å²) < 4.78 is 5.33. The molecule has 82 valence electrons. The van der Waals surface area contributed by atoms with Crippen molar-refractivity contribution in [1.29, 1.82) is 0 Å². The summed E-state index contributed by atoms with van der Waals surface area (Å²) in [5.74, 6) is 0.937. The van der Waals surface area contributed by atoms with Crippen LogP contribution < -0.4 is 4.74 Å². The Labute approximate surface area is 101 Å². The van der Waals surface area contributed by atoms with Crippen LogP contribution in [0.2, 0.25) is 0 Å². The number of thiol groups is 1. The minimum atomic E-state index is 0.873. The van der Waals surface area contributed by atoms with Gasteiger partial charge in [0, 0.05) is 11.3 Å². The zero-order chi connectivity index (χ0) is 11.4. The minimum absolute atomic E-state index is 0.873. The molecule has 0 atom stereocenters. The molecule has 0 aliphatic carbocycles. The average molecular weight is 230 g/mol. The van der Waals surface area contributed by atoms with Crippen LogP contribution in [0.25, 0.3) is 0 Å². The van der Waals surface area contributed by atoms with Gasteiger partial charge in [0.1, 0.15) is 5.75 Å². The van der Waals surface area contributed by atoms with Gasteiger partial charge >= 0.3 is 0 Å². The summed E-state index contributed by atoms with van der Waals surface area (Å²) in [7, 11) is 1.70. The largest absolute Gasteiger partial charge is 0.496 e. The molecule has 0 heterocycles. The highest BCUT2D eigenvalue weighted by atomic mass is 32.1. The number of benzene rings is 2. The molecular weight excluding hydrogens is 216 g/mol. The van der Waals surface area contributed by atoms with Gasteiger partial charge in [0.25, 0.3) is 0 Å². The van der Waals surface area contributed by atoms with E-state index in [0.29, 0.717) is 0 Å². The standard InChI is InChI=1S/C14H14OS/c1-15-14-8-3-2-6-12(14)9-11-5-4-7-13(16)10-11/h2-8,10,16H,9H2,1H3. The van der Waals surface area contributed by atoms with Gasteiger partial charge in [-0.05, 0) is 29.3 Å². The van der Waals surface area contributed by atoms with Gasteiger partial charge in [0.15, 0.2) is 0 Å². The molecule has 2 heteroatoms. The number of hydrogen-bond donors (Lipinski definition) is 1. The topological polar surface area (TPSA) is 9.23 Å². The van der Waals surface area contributed by atoms with Gasteiger partial charge in [0.05, 0.1) is 7.11 Å². The van der Waals surface area contributed by atoms with Crippen molar-refractivity contribution in [2.75, 3.05) is 7.11 Å². The molecule has 1 nitrogen and oxygen atoms in total. The summed E-state index contributed by atoms with van der Waals surface area (Å²) in [4.78, 5) is 0.993. The summed E-state index contributed by atoms with van der Waals surface area (Å²) in [6.45, 7) is 0. The van der Waals surface area contributed by atoms with Crippen molar-refractivity contribution in [3.63, 3.8) is 0 Å². The Bertz CT molecular complexity index is 480. The lowest BCUT2D eigenvalue weighted by atomic mass is 10.0. The molecule has 2 aromatic carbocycles. The van der Waals surface area contributed by atoms with E-state index >= 15 is 0 Å². The number of rotatable bonds is 3. The van der Waals surface area contributed by atoms with Crippen LogP contribution in [0.1, 0.15) is 11.1 Å². The maximum Gasteiger partial charge on any atom is 0.122 e. The van der Waals surface area contributed by atoms with Crippen molar-refractivity contribution < 1.29 is 4.74 Å². The highest BCUT2D eigenvalue weighted by Crippen LogP contribution is 2.21. The SMILES string of the molecule is COc1ccccc1Cc1cccc(S)c1. The third-order valence-corrected chi connectivity index (χ3v) is 2.78. The van der Waals surface area contributed by atoms with Crippen LogP contribution >= 0.6 is 12.6 Å². The molecule has 0 aliphatic heterocycles. The minimum Gasteiger partial charge on any atom is -0.496 e. The monoisotopic (exact) mass is 230 g/mol. The van der Waals surface area contributed by atoms with Gasteiger partial charge in [-0.2, -0.15) is 0 Å². The first-order chi connectivity index (χ1) is 7.79. The van der Waals surface area contributed by atoms with E-state index in [2.05, 4.69) is 30.8 Å². The normalized spacial score (nSPS) is 10.1. The van der Waals surface area contributed by atoms with Crippen LogP contribution in [0.5, 0.6) is 5.75 Å². The van der Waals surface area contributed by atoms with E-state index < -0.39 is 0 Å². The number of methoxy groups -OCH3 is 1. The smallest absolute Gasteiger partial charge is 0.122 e. The first-order valence-electron chi connectivity index (χ1n) is 5.19. The van der Waals surface area contributed by atoms with Crippen molar-refractivity contribution in [2.24, 2.45) is 0 Å². The van der Waals surface area contributed by atoms with E-state index in [4.69, 9.17) is 4.74 Å². The van der Waals surface area contributed by atoms with Crippen molar-refractivity contribution in [3.8, 4) is 5.75 Å². The quantitative estimate of drug-likeness (QED) is 0.793. The van der Waals surface area contributed by atoms with Crippen molar-refractivity contribution >= 4 is 12.6 Å². The Hall–Kier alpha value is -1.41. The maximum absolute atomic E-state index is 5.33. The second kappa shape index (κ2) is 5.08. The van der Waals surface area contributed by atoms with E-state index in [1.807, 2.05) is 30.3 Å². The van der Waals surface area contributed by atoms with Crippen LogP contribution in [0.15, 0.2) is 53.4 Å². The predicted molar refractivity (Wildman–Crippen MR) is 69.5 cm³/mol. The molecule has 0 radical (unpaired) electrons. The van der Waals surface area contributed by atoms with Crippen molar-refractivity contribution in [2.45, 2.75) is 11.3 Å². The predicted octanol–water partition coefficient (Wildman–Crippen LogP) is 3.57. The van der Waals surface area contributed by atoms with E-state index in [1.165, 1.54) is 11.1 Å². The van der Waals surface area contributed by atoms with Gasteiger partial charge < -0.3 is 4.74 Å². The Morgan fingerprint density at radius 1 is 1.06 bits per heavy atom. The van der Waals surface area contributed by atoms with Crippen molar-refractivity contribution in [1.82, 2.24) is 0 Å². The lowest BCUT2D eigenvalue weighted by Crippen LogP contribution is -1.93. The van der Waals surface area contributed by atoms with Crippen LogP contribution in [0.4, 0.5) is 0 Å². The van der Waals surface area contributed by atoms with Crippen LogP contribution in [0.3, 0.4) is 0 Å². The van der Waals surface area contributed by atoms with Gasteiger partial charge in [-0.15, -0.1) is 12.6 Å². The van der Waals surface area contributed by atoms with Gasteiger partial charge in [-0.3, -0.25) is 0 Å². The molecule has 0 aliphatic rings. The molecule has 0 amide bonds. The fraction of sp³-hybridized carbons (Fsp3) is 0.143. The molecule has 0 aromatic heterocycles. The molecule has 0 saturated carbocycles. The molecule has 2 aromatic rings. The molecule has 0 fully saturated rings. The fourth-order valence-electron chi connectivity index (χ4n) is 1.74. The Kier molecular flexibility index (Phi) is 3.52. The third-order valence-electron chi connectivity index (χ3n) is 2.50.